The molecule has 1 N–H and O–H groups in total. The molecule has 0 radical (unpaired) electrons. The summed E-state index contributed by atoms with van der Waals surface area (Å²) in [4.78, 5) is 14.0. The molecule has 1 amide bonds. The first kappa shape index (κ1) is 14.8. The van der Waals surface area contributed by atoms with Crippen LogP contribution in [0.25, 0.3) is 5.57 Å². The van der Waals surface area contributed by atoms with E-state index in [4.69, 9.17) is 0 Å². The van der Waals surface area contributed by atoms with E-state index in [1.807, 2.05) is 11.0 Å². The van der Waals surface area contributed by atoms with E-state index < -0.39 is 0 Å². The SMILES string of the molecule is CC(C)(C)NCC(=O)N1CC=C(c2ccccc2)CC1. The van der Waals surface area contributed by atoms with Crippen molar-refractivity contribution in [3.63, 3.8) is 0 Å². The predicted octanol–water partition coefficient (Wildman–Crippen LogP) is 2.69. The fourth-order valence-corrected chi connectivity index (χ4v) is 2.26. The van der Waals surface area contributed by atoms with Crippen molar-refractivity contribution >= 4 is 11.5 Å². The van der Waals surface area contributed by atoms with Crippen molar-refractivity contribution < 1.29 is 4.79 Å². The first-order valence-corrected chi connectivity index (χ1v) is 7.23. The number of hydrogen-bond acceptors (Lipinski definition) is 2. The van der Waals surface area contributed by atoms with E-state index in [2.05, 4.69) is 56.4 Å². The molecule has 0 unspecified atom stereocenters. The second-order valence-corrected chi connectivity index (χ2v) is 6.29. The maximum atomic E-state index is 12.1. The summed E-state index contributed by atoms with van der Waals surface area (Å²) in [7, 11) is 0. The number of nitrogens with one attached hydrogen (secondary N) is 1. The summed E-state index contributed by atoms with van der Waals surface area (Å²) in [6, 6.07) is 10.4. The van der Waals surface area contributed by atoms with Gasteiger partial charge in [-0.1, -0.05) is 36.4 Å². The summed E-state index contributed by atoms with van der Waals surface area (Å²) in [6.45, 7) is 8.16. The van der Waals surface area contributed by atoms with Gasteiger partial charge in [-0.15, -0.1) is 0 Å². The van der Waals surface area contributed by atoms with Gasteiger partial charge in [-0.25, -0.2) is 0 Å². The molecular formula is C17H24N2O. The third kappa shape index (κ3) is 4.20. The lowest BCUT2D eigenvalue weighted by atomic mass is 9.99. The van der Waals surface area contributed by atoms with Gasteiger partial charge in [-0.2, -0.15) is 0 Å². The molecule has 108 valence electrons. The van der Waals surface area contributed by atoms with E-state index in [0.29, 0.717) is 6.54 Å². The van der Waals surface area contributed by atoms with Gasteiger partial charge < -0.3 is 10.2 Å². The molecule has 3 nitrogen and oxygen atoms in total. The summed E-state index contributed by atoms with van der Waals surface area (Å²) in [5.41, 5.74) is 2.60. The molecule has 0 atom stereocenters. The van der Waals surface area contributed by atoms with Gasteiger partial charge in [0.05, 0.1) is 6.54 Å². The second kappa shape index (κ2) is 6.23. The number of carbonyl (C=O) groups excluding carboxylic acids is 1. The van der Waals surface area contributed by atoms with Gasteiger partial charge in [0.2, 0.25) is 5.91 Å². The molecule has 1 heterocycles. The lowest BCUT2D eigenvalue weighted by Gasteiger charge is -2.28. The average Bonchev–Trinajstić information content (AvgIpc) is 2.45. The van der Waals surface area contributed by atoms with E-state index in [1.165, 1.54) is 11.1 Å². The molecule has 1 aromatic rings. The zero-order valence-electron chi connectivity index (χ0n) is 12.6. The number of hydrogen-bond donors (Lipinski definition) is 1. The maximum Gasteiger partial charge on any atom is 0.236 e. The Morgan fingerprint density at radius 1 is 1.25 bits per heavy atom. The van der Waals surface area contributed by atoms with Crippen LogP contribution in [-0.4, -0.2) is 36.0 Å². The van der Waals surface area contributed by atoms with Crippen molar-refractivity contribution in [3.8, 4) is 0 Å². The fraction of sp³-hybridized carbons (Fsp3) is 0.471. The number of carbonyl (C=O) groups is 1. The van der Waals surface area contributed by atoms with E-state index in [1.54, 1.807) is 0 Å². The normalized spacial score (nSPS) is 15.9. The first-order valence-electron chi connectivity index (χ1n) is 7.23. The predicted molar refractivity (Wildman–Crippen MR) is 83.4 cm³/mol. The zero-order valence-corrected chi connectivity index (χ0v) is 12.6. The molecule has 0 bridgehead atoms. The zero-order chi connectivity index (χ0) is 14.6. The molecule has 1 aliphatic rings. The summed E-state index contributed by atoms with van der Waals surface area (Å²) in [5, 5.41) is 3.25. The third-order valence-electron chi connectivity index (χ3n) is 3.48. The van der Waals surface area contributed by atoms with Crippen molar-refractivity contribution in [2.45, 2.75) is 32.7 Å². The van der Waals surface area contributed by atoms with Crippen LogP contribution in [0, 0.1) is 0 Å². The number of rotatable bonds is 3. The molecule has 3 heteroatoms. The van der Waals surface area contributed by atoms with Crippen LogP contribution >= 0.6 is 0 Å². The molecule has 1 aromatic carbocycles. The molecule has 0 fully saturated rings. The van der Waals surface area contributed by atoms with Gasteiger partial charge in [-0.05, 0) is 38.3 Å². The minimum Gasteiger partial charge on any atom is -0.338 e. The highest BCUT2D eigenvalue weighted by Gasteiger charge is 2.19. The van der Waals surface area contributed by atoms with Crippen LogP contribution in [0.2, 0.25) is 0 Å². The largest absolute Gasteiger partial charge is 0.338 e. The van der Waals surface area contributed by atoms with Crippen molar-refractivity contribution in [2.24, 2.45) is 0 Å². The second-order valence-electron chi connectivity index (χ2n) is 6.29. The molecule has 20 heavy (non-hydrogen) atoms. The Bertz CT molecular complexity index is 485. The van der Waals surface area contributed by atoms with Gasteiger partial charge in [0, 0.05) is 18.6 Å². The van der Waals surface area contributed by atoms with Crippen LogP contribution in [0.5, 0.6) is 0 Å². The van der Waals surface area contributed by atoms with Crippen LogP contribution in [0.4, 0.5) is 0 Å². The third-order valence-corrected chi connectivity index (χ3v) is 3.48. The van der Waals surface area contributed by atoms with Crippen LogP contribution in [0.1, 0.15) is 32.8 Å². The summed E-state index contributed by atoms with van der Waals surface area (Å²) in [5.74, 6) is 0.184. The average molecular weight is 272 g/mol. The van der Waals surface area contributed by atoms with Crippen LogP contribution in [0.15, 0.2) is 36.4 Å². The van der Waals surface area contributed by atoms with Crippen LogP contribution in [-0.2, 0) is 4.79 Å². The number of benzene rings is 1. The van der Waals surface area contributed by atoms with Crippen molar-refractivity contribution in [1.29, 1.82) is 0 Å². The Morgan fingerprint density at radius 3 is 2.50 bits per heavy atom. The Morgan fingerprint density at radius 2 is 1.95 bits per heavy atom. The summed E-state index contributed by atoms with van der Waals surface area (Å²) in [6.07, 6.45) is 3.11. The lowest BCUT2D eigenvalue weighted by molar-refractivity contribution is -0.130. The Hall–Kier alpha value is -1.61. The molecular weight excluding hydrogens is 248 g/mol. The van der Waals surface area contributed by atoms with E-state index >= 15 is 0 Å². The topological polar surface area (TPSA) is 32.3 Å². The standard InChI is InChI=1S/C17H24N2O/c1-17(2,3)18-13-16(20)19-11-9-15(10-12-19)14-7-5-4-6-8-14/h4-9,18H,10-13H2,1-3H3. The van der Waals surface area contributed by atoms with Crippen LogP contribution in [0.3, 0.4) is 0 Å². The highest BCUT2D eigenvalue weighted by atomic mass is 16.2. The molecule has 0 aliphatic carbocycles. The van der Waals surface area contributed by atoms with Gasteiger partial charge in [0.25, 0.3) is 0 Å². The summed E-state index contributed by atoms with van der Waals surface area (Å²) < 4.78 is 0. The Balaban J connectivity index is 1.90. The van der Waals surface area contributed by atoms with E-state index in [0.717, 1.165) is 19.5 Å². The lowest BCUT2D eigenvalue weighted by Crippen LogP contribution is -2.45. The molecule has 0 spiro atoms. The van der Waals surface area contributed by atoms with Crippen molar-refractivity contribution in [3.05, 3.63) is 42.0 Å². The van der Waals surface area contributed by atoms with Crippen LogP contribution < -0.4 is 5.32 Å². The highest BCUT2D eigenvalue weighted by molar-refractivity contribution is 5.80. The van der Waals surface area contributed by atoms with Crippen molar-refractivity contribution in [2.75, 3.05) is 19.6 Å². The minimum atomic E-state index is -0.0174. The Labute approximate surface area is 121 Å². The highest BCUT2D eigenvalue weighted by Crippen LogP contribution is 2.21. The number of nitrogens with zero attached hydrogens (tertiary/aromatic N) is 1. The van der Waals surface area contributed by atoms with Gasteiger partial charge in [-0.3, -0.25) is 4.79 Å². The maximum absolute atomic E-state index is 12.1. The Kier molecular flexibility index (Phi) is 4.61. The van der Waals surface area contributed by atoms with E-state index in [-0.39, 0.29) is 11.4 Å². The fourth-order valence-electron chi connectivity index (χ4n) is 2.26. The molecule has 0 saturated heterocycles. The molecule has 1 aliphatic heterocycles. The van der Waals surface area contributed by atoms with Gasteiger partial charge in [0.1, 0.15) is 0 Å². The monoisotopic (exact) mass is 272 g/mol. The smallest absolute Gasteiger partial charge is 0.236 e. The number of amides is 1. The van der Waals surface area contributed by atoms with Gasteiger partial charge in [0.15, 0.2) is 0 Å². The first-order chi connectivity index (χ1) is 9.46. The van der Waals surface area contributed by atoms with Gasteiger partial charge >= 0.3 is 0 Å². The van der Waals surface area contributed by atoms with E-state index in [9.17, 15) is 4.79 Å². The molecule has 2 rings (SSSR count). The molecule has 0 saturated carbocycles. The minimum absolute atomic E-state index is 0.0174. The van der Waals surface area contributed by atoms with Crippen molar-refractivity contribution in [1.82, 2.24) is 10.2 Å². The summed E-state index contributed by atoms with van der Waals surface area (Å²) >= 11 is 0. The quantitative estimate of drug-likeness (QED) is 0.917. The molecule has 0 aromatic heterocycles.